The van der Waals surface area contributed by atoms with Crippen LogP contribution in [0.15, 0.2) is 18.5 Å². The third kappa shape index (κ3) is 5.25. The predicted octanol–water partition coefficient (Wildman–Crippen LogP) is 1.58. The Morgan fingerprint density at radius 3 is 2.81 bits per heavy atom. The lowest BCUT2D eigenvalue weighted by atomic mass is 10.1. The highest BCUT2D eigenvalue weighted by atomic mass is 16.2. The van der Waals surface area contributed by atoms with Crippen molar-refractivity contribution in [2.75, 3.05) is 13.2 Å². The summed E-state index contributed by atoms with van der Waals surface area (Å²) < 4.78 is 0. The van der Waals surface area contributed by atoms with Crippen LogP contribution in [0.2, 0.25) is 0 Å². The molecule has 0 aromatic carbocycles. The molecule has 1 aromatic rings. The van der Waals surface area contributed by atoms with Crippen LogP contribution in [0.1, 0.15) is 42.6 Å². The van der Waals surface area contributed by atoms with Crippen molar-refractivity contribution in [3.05, 3.63) is 29.6 Å². The van der Waals surface area contributed by atoms with E-state index in [1.165, 1.54) is 6.20 Å². The van der Waals surface area contributed by atoms with E-state index in [9.17, 15) is 4.79 Å². The van der Waals surface area contributed by atoms with Gasteiger partial charge in [-0.25, -0.2) is 0 Å². The zero-order chi connectivity index (χ0) is 15.7. The Morgan fingerprint density at radius 1 is 1.43 bits per heavy atom. The maximum Gasteiger partial charge on any atom is 0.255 e. The number of hydrogen-bond donors (Lipinski definition) is 1. The summed E-state index contributed by atoms with van der Waals surface area (Å²) >= 11 is 0. The summed E-state index contributed by atoms with van der Waals surface area (Å²) in [7, 11) is 0. The van der Waals surface area contributed by atoms with E-state index >= 15 is 0 Å². The molecule has 5 nitrogen and oxygen atoms in total. The van der Waals surface area contributed by atoms with Crippen molar-refractivity contribution in [2.45, 2.75) is 32.7 Å². The summed E-state index contributed by atoms with van der Waals surface area (Å²) in [6.45, 7) is 4.23. The van der Waals surface area contributed by atoms with Crippen LogP contribution in [0.3, 0.4) is 0 Å². The van der Waals surface area contributed by atoms with Crippen LogP contribution < -0.4 is 0 Å². The summed E-state index contributed by atoms with van der Waals surface area (Å²) in [5.74, 6) is 5.50. The first-order valence-corrected chi connectivity index (χ1v) is 6.82. The highest BCUT2D eigenvalue weighted by Crippen LogP contribution is 2.10. The molecule has 1 amide bonds. The molecule has 1 N–H and O–H groups in total. The van der Waals surface area contributed by atoms with Gasteiger partial charge in [0.05, 0.1) is 24.7 Å². The van der Waals surface area contributed by atoms with Gasteiger partial charge in [0, 0.05) is 37.0 Å². The zero-order valence-corrected chi connectivity index (χ0v) is 12.3. The molecule has 21 heavy (non-hydrogen) atoms. The average molecular weight is 285 g/mol. The summed E-state index contributed by atoms with van der Waals surface area (Å²) in [4.78, 5) is 18.1. The van der Waals surface area contributed by atoms with Crippen LogP contribution in [-0.2, 0) is 0 Å². The molecule has 0 unspecified atom stereocenters. The molecule has 0 saturated carbocycles. The monoisotopic (exact) mass is 285 g/mol. The Balaban J connectivity index is 2.93. The maximum absolute atomic E-state index is 12.5. The van der Waals surface area contributed by atoms with E-state index in [-0.39, 0.29) is 18.6 Å². The van der Waals surface area contributed by atoms with Gasteiger partial charge in [-0.1, -0.05) is 11.8 Å². The van der Waals surface area contributed by atoms with Crippen LogP contribution >= 0.6 is 0 Å². The Labute approximate surface area is 125 Å². The van der Waals surface area contributed by atoms with E-state index < -0.39 is 0 Å². The molecular formula is C16H19N3O2. The van der Waals surface area contributed by atoms with Crippen molar-refractivity contribution in [3.63, 3.8) is 0 Å². The van der Waals surface area contributed by atoms with Crippen molar-refractivity contribution >= 4 is 5.91 Å². The number of aliphatic hydroxyl groups is 1. The highest BCUT2D eigenvalue weighted by Gasteiger charge is 2.18. The normalized spacial score (nSPS) is 9.67. The minimum Gasteiger partial charge on any atom is -0.395 e. The number of carbonyl (C=O) groups excluding carboxylic acids is 1. The molecule has 1 aromatic heterocycles. The van der Waals surface area contributed by atoms with Crippen molar-refractivity contribution in [3.8, 4) is 17.9 Å². The van der Waals surface area contributed by atoms with Gasteiger partial charge in [-0.05, 0) is 19.9 Å². The van der Waals surface area contributed by atoms with Crippen LogP contribution in [-0.4, -0.2) is 40.1 Å². The minimum absolute atomic E-state index is 0.00827. The Kier molecular flexibility index (Phi) is 6.94. The lowest BCUT2D eigenvalue weighted by Crippen LogP contribution is -2.37. The topological polar surface area (TPSA) is 77.2 Å². The molecular weight excluding hydrogens is 266 g/mol. The maximum atomic E-state index is 12.5. The molecule has 0 radical (unpaired) electrons. The molecule has 0 fully saturated rings. The molecule has 5 heteroatoms. The number of nitrogens with zero attached hydrogens (tertiary/aromatic N) is 3. The lowest BCUT2D eigenvalue weighted by molar-refractivity contribution is 0.0709. The molecule has 110 valence electrons. The van der Waals surface area contributed by atoms with E-state index in [4.69, 9.17) is 10.4 Å². The Morgan fingerprint density at radius 2 is 2.19 bits per heavy atom. The van der Waals surface area contributed by atoms with Gasteiger partial charge in [0.1, 0.15) is 0 Å². The van der Waals surface area contributed by atoms with Crippen molar-refractivity contribution in [2.24, 2.45) is 0 Å². The number of hydrogen-bond acceptors (Lipinski definition) is 4. The summed E-state index contributed by atoms with van der Waals surface area (Å²) in [6, 6.07) is 3.74. The van der Waals surface area contributed by atoms with E-state index in [2.05, 4.69) is 16.8 Å². The molecule has 0 saturated heterocycles. The third-order valence-corrected chi connectivity index (χ3v) is 2.80. The fourth-order valence-corrected chi connectivity index (χ4v) is 1.78. The number of amides is 1. The number of nitriles is 1. The standard InChI is InChI=1S/C16H19N3O2/c1-13(2)19(8-5-7-17)16(21)15-10-14(11-18-12-15)6-3-4-9-20/h10-13,20H,4-5,8-9H2,1-2H3. The van der Waals surface area contributed by atoms with Gasteiger partial charge in [0.15, 0.2) is 0 Å². The first kappa shape index (κ1) is 16.7. The first-order valence-electron chi connectivity index (χ1n) is 6.82. The summed E-state index contributed by atoms with van der Waals surface area (Å²) in [5.41, 5.74) is 1.09. The fraction of sp³-hybridized carbons (Fsp3) is 0.438. The van der Waals surface area contributed by atoms with Gasteiger partial charge >= 0.3 is 0 Å². The minimum atomic E-state index is -0.154. The van der Waals surface area contributed by atoms with Gasteiger partial charge < -0.3 is 10.0 Å². The number of rotatable bonds is 5. The molecule has 0 atom stereocenters. The second-order valence-electron chi connectivity index (χ2n) is 4.74. The SMILES string of the molecule is CC(C)N(CCC#N)C(=O)c1cncc(C#CCCO)c1. The second kappa shape index (κ2) is 8.73. The van der Waals surface area contributed by atoms with Crippen molar-refractivity contribution < 1.29 is 9.90 Å². The van der Waals surface area contributed by atoms with Crippen LogP contribution in [0.4, 0.5) is 0 Å². The molecule has 0 aliphatic carbocycles. The van der Waals surface area contributed by atoms with E-state index in [0.717, 1.165) is 0 Å². The van der Waals surface area contributed by atoms with Crippen LogP contribution in [0, 0.1) is 23.2 Å². The van der Waals surface area contributed by atoms with Gasteiger partial charge in [-0.15, -0.1) is 0 Å². The van der Waals surface area contributed by atoms with Gasteiger partial charge in [0.2, 0.25) is 0 Å². The van der Waals surface area contributed by atoms with E-state index in [0.29, 0.717) is 30.5 Å². The molecule has 0 bridgehead atoms. The van der Waals surface area contributed by atoms with Gasteiger partial charge in [-0.3, -0.25) is 9.78 Å². The Bertz CT molecular complexity index is 579. The van der Waals surface area contributed by atoms with Crippen LogP contribution in [0.5, 0.6) is 0 Å². The van der Waals surface area contributed by atoms with E-state index in [1.807, 2.05) is 19.9 Å². The Hall–Kier alpha value is -2.37. The summed E-state index contributed by atoms with van der Waals surface area (Å²) in [5, 5.41) is 17.4. The van der Waals surface area contributed by atoms with Gasteiger partial charge in [0.25, 0.3) is 5.91 Å². The van der Waals surface area contributed by atoms with Gasteiger partial charge in [-0.2, -0.15) is 5.26 Å². The smallest absolute Gasteiger partial charge is 0.255 e. The van der Waals surface area contributed by atoms with Crippen LogP contribution in [0.25, 0.3) is 0 Å². The van der Waals surface area contributed by atoms with E-state index in [1.54, 1.807) is 17.2 Å². The van der Waals surface area contributed by atoms with Crippen molar-refractivity contribution in [1.29, 1.82) is 5.26 Å². The quantitative estimate of drug-likeness (QED) is 0.833. The fourth-order valence-electron chi connectivity index (χ4n) is 1.78. The molecule has 1 rings (SSSR count). The van der Waals surface area contributed by atoms with Crippen molar-refractivity contribution in [1.82, 2.24) is 9.88 Å². The number of aliphatic hydroxyl groups excluding tert-OH is 1. The largest absolute Gasteiger partial charge is 0.395 e. The average Bonchev–Trinajstić information content (AvgIpc) is 2.47. The number of pyridine rings is 1. The first-order chi connectivity index (χ1) is 10.1. The lowest BCUT2D eigenvalue weighted by Gasteiger charge is -2.25. The number of carbonyl (C=O) groups is 1. The molecule has 1 heterocycles. The summed E-state index contributed by atoms with van der Waals surface area (Å²) in [6.07, 6.45) is 3.77. The molecule has 0 spiro atoms. The third-order valence-electron chi connectivity index (χ3n) is 2.80. The zero-order valence-electron chi connectivity index (χ0n) is 12.3. The second-order valence-corrected chi connectivity index (χ2v) is 4.74. The number of aromatic nitrogens is 1. The highest BCUT2D eigenvalue weighted by molar-refractivity contribution is 5.94. The molecule has 0 aliphatic heterocycles. The predicted molar refractivity (Wildman–Crippen MR) is 79.2 cm³/mol. The molecule has 0 aliphatic rings.